The highest BCUT2D eigenvalue weighted by Crippen LogP contribution is 2.21. The van der Waals surface area contributed by atoms with E-state index in [4.69, 9.17) is 23.2 Å². The summed E-state index contributed by atoms with van der Waals surface area (Å²) >= 11 is 11.8. The first-order chi connectivity index (χ1) is 12.8. The maximum Gasteiger partial charge on any atom is 0.413 e. The van der Waals surface area contributed by atoms with Crippen molar-refractivity contribution >= 4 is 56.3 Å². The van der Waals surface area contributed by atoms with Crippen LogP contribution in [0.3, 0.4) is 0 Å². The van der Waals surface area contributed by atoms with Crippen molar-refractivity contribution in [2.45, 2.75) is 11.4 Å². The van der Waals surface area contributed by atoms with Crippen molar-refractivity contribution < 1.29 is 17.9 Å². The van der Waals surface area contributed by atoms with Crippen molar-refractivity contribution in [2.75, 3.05) is 12.4 Å². The van der Waals surface area contributed by atoms with Gasteiger partial charge in [0.25, 0.3) is 0 Å². The number of imidazole rings is 1. The van der Waals surface area contributed by atoms with Crippen LogP contribution >= 0.6 is 23.2 Å². The van der Waals surface area contributed by atoms with Gasteiger partial charge in [0, 0.05) is 16.6 Å². The average molecular weight is 429 g/mol. The number of nitrogens with zero attached hydrogens (tertiary/aromatic N) is 1. The van der Waals surface area contributed by atoms with Crippen molar-refractivity contribution in [3.63, 3.8) is 0 Å². The minimum Gasteiger partial charge on any atom is -0.453 e. The third-order valence-electron chi connectivity index (χ3n) is 3.56. The number of anilines is 1. The highest BCUT2D eigenvalue weighted by atomic mass is 35.5. The molecule has 0 saturated heterocycles. The molecule has 1 heterocycles. The first-order valence-electron chi connectivity index (χ1n) is 7.56. The summed E-state index contributed by atoms with van der Waals surface area (Å²) in [6.07, 6.45) is -0.691. The Morgan fingerprint density at radius 2 is 1.89 bits per heavy atom. The molecule has 0 spiro atoms. The van der Waals surface area contributed by atoms with E-state index < -0.39 is 16.1 Å². The van der Waals surface area contributed by atoms with Gasteiger partial charge in [-0.15, -0.1) is 0 Å². The molecule has 0 aliphatic rings. The number of amides is 1. The Kier molecular flexibility index (Phi) is 5.56. The third kappa shape index (κ3) is 4.69. The van der Waals surface area contributed by atoms with Gasteiger partial charge < -0.3 is 9.72 Å². The molecule has 0 unspecified atom stereocenters. The molecule has 11 heteroatoms. The number of methoxy groups -OCH3 is 1. The summed E-state index contributed by atoms with van der Waals surface area (Å²) in [6, 6.07) is 9.17. The Labute approximate surface area is 164 Å². The van der Waals surface area contributed by atoms with Gasteiger partial charge in [-0.05, 0) is 42.0 Å². The number of rotatable bonds is 5. The number of carbonyl (C=O) groups excluding carboxylic acids is 1. The van der Waals surface area contributed by atoms with E-state index in [2.05, 4.69) is 24.7 Å². The van der Waals surface area contributed by atoms with Gasteiger partial charge in [0.2, 0.25) is 16.0 Å². The number of carbonyl (C=O) groups is 1. The molecule has 142 valence electrons. The summed E-state index contributed by atoms with van der Waals surface area (Å²) in [5.41, 5.74) is 1.56. The number of nitrogens with one attached hydrogen (secondary N) is 3. The van der Waals surface area contributed by atoms with Gasteiger partial charge in [0.1, 0.15) is 0 Å². The number of benzene rings is 2. The molecule has 0 aliphatic carbocycles. The monoisotopic (exact) mass is 428 g/mol. The number of sulfonamides is 1. The molecular weight excluding hydrogens is 415 g/mol. The highest BCUT2D eigenvalue weighted by molar-refractivity contribution is 7.89. The predicted octanol–water partition coefficient (Wildman–Crippen LogP) is 3.53. The second-order valence-corrected chi connectivity index (χ2v) is 8.12. The van der Waals surface area contributed by atoms with Gasteiger partial charge in [-0.1, -0.05) is 23.2 Å². The number of H-pyrrole nitrogens is 1. The first kappa shape index (κ1) is 19.4. The Morgan fingerprint density at radius 3 is 2.56 bits per heavy atom. The lowest BCUT2D eigenvalue weighted by Crippen LogP contribution is -2.23. The summed E-state index contributed by atoms with van der Waals surface area (Å²) in [4.78, 5) is 18.2. The van der Waals surface area contributed by atoms with Crippen molar-refractivity contribution in [2.24, 2.45) is 0 Å². The van der Waals surface area contributed by atoms with Crippen molar-refractivity contribution in [1.29, 1.82) is 0 Å². The molecule has 0 aliphatic heterocycles. The molecule has 1 aromatic heterocycles. The van der Waals surface area contributed by atoms with Crippen LogP contribution in [0.1, 0.15) is 5.56 Å². The van der Waals surface area contributed by atoms with E-state index in [-0.39, 0.29) is 17.4 Å². The maximum absolute atomic E-state index is 12.5. The van der Waals surface area contributed by atoms with E-state index in [1.165, 1.54) is 25.3 Å². The summed E-state index contributed by atoms with van der Waals surface area (Å²) in [6.45, 7) is 0.0266. The highest BCUT2D eigenvalue weighted by Gasteiger charge is 2.16. The number of hydrogen-bond acceptors (Lipinski definition) is 5. The summed E-state index contributed by atoms with van der Waals surface area (Å²) < 4.78 is 32.1. The average Bonchev–Trinajstić information content (AvgIpc) is 3.00. The van der Waals surface area contributed by atoms with E-state index in [1.807, 2.05) is 0 Å². The Balaban J connectivity index is 1.81. The largest absolute Gasteiger partial charge is 0.453 e. The number of ether oxygens (including phenoxy) is 1. The third-order valence-corrected chi connectivity index (χ3v) is 5.39. The van der Waals surface area contributed by atoms with Gasteiger partial charge in [-0.3, -0.25) is 5.32 Å². The van der Waals surface area contributed by atoms with Crippen molar-refractivity contribution in [1.82, 2.24) is 14.7 Å². The van der Waals surface area contributed by atoms with Crippen LogP contribution in [-0.4, -0.2) is 31.6 Å². The molecule has 1 amide bonds. The molecular formula is C16H14Cl2N4O4S. The van der Waals surface area contributed by atoms with Crippen LogP contribution < -0.4 is 10.0 Å². The van der Waals surface area contributed by atoms with E-state index in [1.54, 1.807) is 18.2 Å². The molecule has 0 radical (unpaired) electrons. The van der Waals surface area contributed by atoms with E-state index in [0.717, 1.165) is 0 Å². The molecule has 0 atom stereocenters. The molecule has 0 bridgehead atoms. The molecule has 8 nitrogen and oxygen atoms in total. The normalized spacial score (nSPS) is 11.5. The fourth-order valence-electron chi connectivity index (χ4n) is 2.34. The zero-order valence-corrected chi connectivity index (χ0v) is 16.2. The summed E-state index contributed by atoms with van der Waals surface area (Å²) in [5, 5.41) is 3.21. The number of halogens is 2. The minimum atomic E-state index is -3.79. The maximum atomic E-state index is 12.5. The lowest BCUT2D eigenvalue weighted by molar-refractivity contribution is 0.186. The van der Waals surface area contributed by atoms with Crippen molar-refractivity contribution in [3.8, 4) is 0 Å². The summed E-state index contributed by atoms with van der Waals surface area (Å²) in [5.74, 6) is 0.146. The second-order valence-electron chi connectivity index (χ2n) is 5.48. The standard InChI is InChI=1S/C16H14Cl2N4O4S/c1-26-16(23)22-15-20-13-3-2-12(7-14(13)21-15)27(24,25)19-8-9-4-10(17)6-11(18)5-9/h2-7,19H,8H2,1H3,(H2,20,21,22,23). The fourth-order valence-corrected chi connectivity index (χ4v) is 3.95. The van der Waals surface area contributed by atoms with Gasteiger partial charge in [-0.25, -0.2) is 22.9 Å². The number of aromatic amines is 1. The van der Waals surface area contributed by atoms with Crippen LogP contribution in [0.4, 0.5) is 10.7 Å². The van der Waals surface area contributed by atoms with Gasteiger partial charge in [-0.2, -0.15) is 0 Å². The van der Waals surface area contributed by atoms with Crippen LogP contribution in [0.25, 0.3) is 11.0 Å². The Morgan fingerprint density at radius 1 is 1.19 bits per heavy atom. The van der Waals surface area contributed by atoms with E-state index >= 15 is 0 Å². The smallest absolute Gasteiger partial charge is 0.413 e. The predicted molar refractivity (Wildman–Crippen MR) is 103 cm³/mol. The zero-order chi connectivity index (χ0) is 19.6. The van der Waals surface area contributed by atoms with E-state index in [9.17, 15) is 13.2 Å². The molecule has 3 N–H and O–H groups in total. The number of fused-ring (bicyclic) bond motifs is 1. The van der Waals surface area contributed by atoms with Gasteiger partial charge in [0.05, 0.1) is 23.0 Å². The molecule has 0 saturated carbocycles. The van der Waals surface area contributed by atoms with Crippen LogP contribution in [0, 0.1) is 0 Å². The summed E-state index contributed by atoms with van der Waals surface area (Å²) in [7, 11) is -2.57. The molecule has 3 aromatic rings. The van der Waals surface area contributed by atoms with E-state index in [0.29, 0.717) is 26.6 Å². The number of aromatic nitrogens is 2. The zero-order valence-electron chi connectivity index (χ0n) is 13.9. The van der Waals surface area contributed by atoms with Gasteiger partial charge >= 0.3 is 6.09 Å². The Hall–Kier alpha value is -2.33. The minimum absolute atomic E-state index is 0.0266. The number of hydrogen-bond donors (Lipinski definition) is 3. The lowest BCUT2D eigenvalue weighted by Gasteiger charge is -2.08. The topological polar surface area (TPSA) is 113 Å². The van der Waals surface area contributed by atoms with Crippen LogP contribution in [0.15, 0.2) is 41.3 Å². The van der Waals surface area contributed by atoms with Crippen LogP contribution in [0.2, 0.25) is 10.0 Å². The van der Waals surface area contributed by atoms with Crippen molar-refractivity contribution in [3.05, 3.63) is 52.0 Å². The van der Waals surface area contributed by atoms with Crippen LogP contribution in [-0.2, 0) is 21.3 Å². The van der Waals surface area contributed by atoms with Gasteiger partial charge in [0.15, 0.2) is 0 Å². The molecule has 2 aromatic carbocycles. The van der Waals surface area contributed by atoms with Crippen LogP contribution in [0.5, 0.6) is 0 Å². The first-order valence-corrected chi connectivity index (χ1v) is 9.80. The quantitative estimate of drug-likeness (QED) is 0.574. The molecule has 27 heavy (non-hydrogen) atoms. The fraction of sp³-hybridized carbons (Fsp3) is 0.125. The SMILES string of the molecule is COC(=O)Nc1nc2ccc(S(=O)(=O)NCc3cc(Cl)cc(Cl)c3)cc2[nH]1. The lowest BCUT2D eigenvalue weighted by atomic mass is 10.2. The second kappa shape index (κ2) is 7.73. The molecule has 0 fully saturated rings. The molecule has 3 rings (SSSR count). The Bertz CT molecular complexity index is 1090.